The highest BCUT2D eigenvalue weighted by Gasteiger charge is 1.95. The van der Waals surface area contributed by atoms with Crippen molar-refractivity contribution in [1.82, 2.24) is 5.48 Å². The topological polar surface area (TPSA) is 52.2 Å². The highest BCUT2D eigenvalue weighted by atomic mass is 16.5. The molecular weight excluding hydrogens is 262 g/mol. The van der Waals surface area contributed by atoms with Crippen molar-refractivity contribution in [2.45, 2.75) is 84.0 Å². The maximum absolute atomic E-state index is 10.7. The fourth-order valence-electron chi connectivity index (χ4n) is 1.93. The van der Waals surface area contributed by atoms with Crippen LogP contribution in [0.25, 0.3) is 0 Å². The first-order chi connectivity index (χ1) is 10.3. The summed E-state index contributed by atoms with van der Waals surface area (Å²) in [6.07, 6.45) is 12.3. The van der Waals surface area contributed by atoms with Crippen LogP contribution < -0.4 is 5.48 Å². The van der Waals surface area contributed by atoms with Crippen molar-refractivity contribution in [2.75, 3.05) is 0 Å². The third-order valence-corrected chi connectivity index (χ3v) is 3.21. The van der Waals surface area contributed by atoms with Crippen LogP contribution in [-0.4, -0.2) is 5.91 Å². The highest BCUT2D eigenvalue weighted by molar-refractivity contribution is 5.76. The van der Waals surface area contributed by atoms with E-state index in [1.54, 1.807) is 0 Å². The van der Waals surface area contributed by atoms with Crippen molar-refractivity contribution < 1.29 is 4.79 Å². The maximum Gasteiger partial charge on any atom is 0.209 e. The summed E-state index contributed by atoms with van der Waals surface area (Å²) in [5, 5.41) is 9.99. The summed E-state index contributed by atoms with van der Waals surface area (Å²) in [5.74, 6) is 11.6. The van der Waals surface area contributed by atoms with Crippen LogP contribution in [0.4, 0.5) is 0 Å². The molecule has 118 valence electrons. The van der Waals surface area contributed by atoms with Gasteiger partial charge in [0, 0.05) is 19.3 Å². The quantitative estimate of drug-likeness (QED) is 0.350. The second-order valence-corrected chi connectivity index (χ2v) is 5.21. The average molecular weight is 290 g/mol. The van der Waals surface area contributed by atoms with E-state index in [1.165, 1.54) is 37.6 Å². The first-order valence-corrected chi connectivity index (χ1v) is 8.18. The first-order valence-electron chi connectivity index (χ1n) is 8.18. The summed E-state index contributed by atoms with van der Waals surface area (Å²) in [4.78, 5) is 10.7. The third-order valence-electron chi connectivity index (χ3n) is 3.21. The van der Waals surface area contributed by atoms with E-state index in [-0.39, 0.29) is 0 Å². The Balaban J connectivity index is 3.27. The molecule has 0 fully saturated rings. The van der Waals surface area contributed by atoms with Gasteiger partial charge >= 0.3 is 0 Å². The highest BCUT2D eigenvalue weighted by Crippen LogP contribution is 2.08. The number of unbranched alkanes of at least 4 members (excludes halogenated alkanes) is 9. The van der Waals surface area contributed by atoms with Gasteiger partial charge < -0.3 is 10.7 Å². The van der Waals surface area contributed by atoms with E-state index >= 15 is 0 Å². The molecule has 1 amide bonds. The molecule has 0 unspecified atom stereocenters. The van der Waals surface area contributed by atoms with Crippen molar-refractivity contribution in [3.05, 3.63) is 5.21 Å². The van der Waals surface area contributed by atoms with E-state index in [2.05, 4.69) is 30.6 Å². The molecule has 0 aromatic heterocycles. The van der Waals surface area contributed by atoms with Crippen LogP contribution in [0.2, 0.25) is 0 Å². The number of amides is 1. The number of nitrogens with one attached hydrogen (secondary N) is 1. The van der Waals surface area contributed by atoms with Gasteiger partial charge in [0.05, 0.1) is 0 Å². The molecular formula is C18H28NO2-. The maximum atomic E-state index is 10.7. The van der Waals surface area contributed by atoms with Crippen LogP contribution in [0, 0.1) is 28.9 Å². The Morgan fingerprint density at radius 3 is 1.95 bits per heavy atom. The van der Waals surface area contributed by atoms with Gasteiger partial charge in [0.1, 0.15) is 0 Å². The molecule has 21 heavy (non-hydrogen) atoms. The predicted octanol–water partition coefficient (Wildman–Crippen LogP) is 4.31. The normalized spacial score (nSPS) is 9.24. The monoisotopic (exact) mass is 290 g/mol. The molecule has 0 spiro atoms. The van der Waals surface area contributed by atoms with Gasteiger partial charge in [0.25, 0.3) is 0 Å². The minimum absolute atomic E-state index is 0.353. The van der Waals surface area contributed by atoms with Gasteiger partial charge in [-0.3, -0.25) is 4.79 Å². The Hall–Kier alpha value is -1.45. The van der Waals surface area contributed by atoms with E-state index < -0.39 is 5.91 Å². The molecule has 0 rings (SSSR count). The Morgan fingerprint density at radius 2 is 1.38 bits per heavy atom. The molecule has 3 nitrogen and oxygen atoms in total. The molecule has 0 aliphatic heterocycles. The summed E-state index contributed by atoms with van der Waals surface area (Å²) in [5.41, 5.74) is 1.40. The number of hydroxylamine groups is 1. The molecule has 0 heterocycles. The van der Waals surface area contributed by atoms with Gasteiger partial charge in [-0.2, -0.15) is 0 Å². The number of hydrogen-bond acceptors (Lipinski definition) is 2. The zero-order valence-corrected chi connectivity index (χ0v) is 13.3. The van der Waals surface area contributed by atoms with Crippen LogP contribution in [0.15, 0.2) is 0 Å². The van der Waals surface area contributed by atoms with Crippen molar-refractivity contribution in [3.63, 3.8) is 0 Å². The van der Waals surface area contributed by atoms with E-state index in [9.17, 15) is 10.0 Å². The fraction of sp³-hybridized carbons (Fsp3) is 0.722. The smallest absolute Gasteiger partial charge is 0.209 e. The van der Waals surface area contributed by atoms with Crippen LogP contribution in [0.1, 0.15) is 84.0 Å². The number of carbonyl (C=O) groups is 1. The summed E-state index contributed by atoms with van der Waals surface area (Å²) >= 11 is 0. The van der Waals surface area contributed by atoms with E-state index in [0.717, 1.165) is 38.5 Å². The standard InChI is InChI=1S/C18H28NO2/c1-2-3-4-5-6-7-8-9-10-11-12-13-14-15-16-17-18(20)19-21/h2-5,10-17H2,1H3,(H-,19,20,21)/q-1. The van der Waals surface area contributed by atoms with Gasteiger partial charge in [0.15, 0.2) is 0 Å². The van der Waals surface area contributed by atoms with Crippen LogP contribution >= 0.6 is 0 Å². The van der Waals surface area contributed by atoms with Crippen LogP contribution in [0.3, 0.4) is 0 Å². The SMILES string of the molecule is CCCCCC#CC#CCCCCCCCCC(=O)N[O-]. The Morgan fingerprint density at radius 1 is 0.857 bits per heavy atom. The molecule has 0 bridgehead atoms. The molecule has 0 radical (unpaired) electrons. The summed E-state index contributed by atoms with van der Waals surface area (Å²) in [6, 6.07) is 0. The zero-order chi connectivity index (χ0) is 15.6. The van der Waals surface area contributed by atoms with Gasteiger partial charge in [-0.1, -0.05) is 57.3 Å². The van der Waals surface area contributed by atoms with Crippen LogP contribution in [-0.2, 0) is 4.79 Å². The zero-order valence-electron chi connectivity index (χ0n) is 13.3. The van der Waals surface area contributed by atoms with Gasteiger partial charge in [0.2, 0.25) is 5.91 Å². The molecule has 0 saturated heterocycles. The second-order valence-electron chi connectivity index (χ2n) is 5.21. The van der Waals surface area contributed by atoms with E-state index in [0.29, 0.717) is 6.42 Å². The van der Waals surface area contributed by atoms with Crippen molar-refractivity contribution in [1.29, 1.82) is 0 Å². The average Bonchev–Trinajstić information content (AvgIpc) is 2.50. The molecule has 0 aliphatic carbocycles. The number of hydrogen-bond donors (Lipinski definition) is 1. The Kier molecular flexibility index (Phi) is 15.5. The molecule has 0 aromatic carbocycles. The Labute approximate surface area is 129 Å². The van der Waals surface area contributed by atoms with Gasteiger partial charge in [-0.05, 0) is 31.1 Å². The largest absolute Gasteiger partial charge is 0.759 e. The minimum Gasteiger partial charge on any atom is -0.759 e. The van der Waals surface area contributed by atoms with Gasteiger partial charge in [-0.25, -0.2) is 0 Å². The number of carbonyl (C=O) groups excluding carboxylic acids is 1. The lowest BCUT2D eigenvalue weighted by Gasteiger charge is -2.06. The van der Waals surface area contributed by atoms with Crippen LogP contribution in [0.5, 0.6) is 0 Å². The van der Waals surface area contributed by atoms with Crippen molar-refractivity contribution in [2.24, 2.45) is 0 Å². The summed E-state index contributed by atoms with van der Waals surface area (Å²) < 4.78 is 0. The molecule has 0 aromatic rings. The Bertz CT molecular complexity index is 368. The van der Waals surface area contributed by atoms with Crippen molar-refractivity contribution >= 4 is 5.91 Å². The lowest BCUT2D eigenvalue weighted by molar-refractivity contribution is -0.120. The lowest BCUT2D eigenvalue weighted by Crippen LogP contribution is -2.14. The molecule has 1 N–H and O–H groups in total. The third kappa shape index (κ3) is 16.5. The summed E-state index contributed by atoms with van der Waals surface area (Å²) in [6.45, 7) is 2.19. The summed E-state index contributed by atoms with van der Waals surface area (Å²) in [7, 11) is 0. The predicted molar refractivity (Wildman–Crippen MR) is 88.1 cm³/mol. The number of rotatable bonds is 11. The molecule has 0 atom stereocenters. The minimum atomic E-state index is -0.402. The van der Waals surface area contributed by atoms with E-state index in [4.69, 9.17) is 0 Å². The second kappa shape index (κ2) is 16.6. The lowest BCUT2D eigenvalue weighted by atomic mass is 10.1. The first kappa shape index (κ1) is 19.6. The molecule has 3 heteroatoms. The molecule has 0 aliphatic rings. The van der Waals surface area contributed by atoms with E-state index in [1.807, 2.05) is 0 Å². The molecule has 0 saturated carbocycles. The van der Waals surface area contributed by atoms with Gasteiger partial charge in [-0.15, -0.1) is 0 Å². The fourth-order valence-corrected chi connectivity index (χ4v) is 1.93. The van der Waals surface area contributed by atoms with Crippen molar-refractivity contribution in [3.8, 4) is 23.7 Å².